The minimum atomic E-state index is -0.225. The van der Waals surface area contributed by atoms with Gasteiger partial charge in [-0.1, -0.05) is 42.5 Å². The van der Waals surface area contributed by atoms with E-state index < -0.39 is 0 Å². The Bertz CT molecular complexity index is 1030. The van der Waals surface area contributed by atoms with Crippen molar-refractivity contribution in [2.75, 3.05) is 32.7 Å². The first-order chi connectivity index (χ1) is 16.2. The number of carbonyl (C=O) groups excluding carboxylic acids is 1. The first kappa shape index (κ1) is 21.9. The van der Waals surface area contributed by atoms with Crippen molar-refractivity contribution in [3.63, 3.8) is 0 Å². The molecular weight excluding hydrogens is 415 g/mol. The third-order valence-corrected chi connectivity index (χ3v) is 7.33. The molecule has 1 amide bonds. The van der Waals surface area contributed by atoms with Crippen molar-refractivity contribution in [2.45, 2.75) is 25.2 Å². The molecule has 0 saturated carbocycles. The second kappa shape index (κ2) is 9.92. The van der Waals surface area contributed by atoms with Crippen LogP contribution in [-0.4, -0.2) is 48.4 Å². The lowest BCUT2D eigenvalue weighted by Crippen LogP contribution is -2.39. The number of hydrogen-bond acceptors (Lipinski definition) is 3. The molecule has 3 aromatic rings. The van der Waals surface area contributed by atoms with Crippen molar-refractivity contribution in [3.8, 4) is 0 Å². The molecule has 2 aliphatic rings. The van der Waals surface area contributed by atoms with Crippen LogP contribution in [0.15, 0.2) is 77.4 Å². The van der Waals surface area contributed by atoms with Crippen LogP contribution in [-0.2, 0) is 6.42 Å². The van der Waals surface area contributed by atoms with Crippen LogP contribution in [0.5, 0.6) is 0 Å². The first-order valence-corrected chi connectivity index (χ1v) is 12.0. The standard InChI is InChI=1S/C28H31FN2O2/c29-25-10-8-23(9-11-25)26-20-31(28(32)27-7-4-16-33-27)19-24(26)18-30-14-12-22(13-15-30)17-21-5-2-1-3-6-21/h1-11,16,22,24,26H,12-15,17-20H2. The Labute approximate surface area is 195 Å². The molecule has 0 N–H and O–H groups in total. The molecule has 0 radical (unpaired) electrons. The van der Waals surface area contributed by atoms with E-state index in [0.29, 0.717) is 24.8 Å². The molecule has 5 rings (SSSR count). The van der Waals surface area contributed by atoms with Crippen molar-refractivity contribution in [1.82, 2.24) is 9.80 Å². The van der Waals surface area contributed by atoms with Crippen molar-refractivity contribution in [1.29, 1.82) is 0 Å². The number of rotatable bonds is 6. The number of amides is 1. The lowest BCUT2D eigenvalue weighted by atomic mass is 9.86. The molecule has 2 aliphatic heterocycles. The summed E-state index contributed by atoms with van der Waals surface area (Å²) in [4.78, 5) is 17.4. The van der Waals surface area contributed by atoms with Gasteiger partial charge >= 0.3 is 0 Å². The second-order valence-electron chi connectivity index (χ2n) is 9.54. The molecule has 2 aromatic carbocycles. The molecule has 2 saturated heterocycles. The number of carbonyl (C=O) groups is 1. The highest BCUT2D eigenvalue weighted by molar-refractivity contribution is 5.91. The minimum Gasteiger partial charge on any atom is -0.459 e. The average Bonchev–Trinajstić information content (AvgIpc) is 3.52. The van der Waals surface area contributed by atoms with E-state index in [9.17, 15) is 9.18 Å². The zero-order valence-corrected chi connectivity index (χ0v) is 18.9. The zero-order valence-electron chi connectivity index (χ0n) is 18.9. The normalized spacial score (nSPS) is 22.0. The molecule has 0 aliphatic carbocycles. The van der Waals surface area contributed by atoms with Gasteiger partial charge in [0.1, 0.15) is 5.82 Å². The molecule has 0 spiro atoms. The van der Waals surface area contributed by atoms with Gasteiger partial charge in [-0.2, -0.15) is 0 Å². The fourth-order valence-electron chi connectivity index (χ4n) is 5.52. The predicted molar refractivity (Wildman–Crippen MR) is 127 cm³/mol. The number of benzene rings is 2. The summed E-state index contributed by atoms with van der Waals surface area (Å²) < 4.78 is 18.9. The van der Waals surface area contributed by atoms with Gasteiger partial charge in [-0.05, 0) is 79.6 Å². The van der Waals surface area contributed by atoms with E-state index in [1.54, 1.807) is 12.1 Å². The largest absolute Gasteiger partial charge is 0.459 e. The van der Waals surface area contributed by atoms with Crippen LogP contribution in [0.3, 0.4) is 0 Å². The quantitative estimate of drug-likeness (QED) is 0.520. The highest BCUT2D eigenvalue weighted by atomic mass is 19.1. The number of nitrogens with zero attached hydrogens (tertiary/aromatic N) is 2. The van der Waals surface area contributed by atoms with Crippen molar-refractivity contribution in [2.24, 2.45) is 11.8 Å². The fraction of sp³-hybridized carbons (Fsp3) is 0.393. The van der Waals surface area contributed by atoms with Gasteiger partial charge in [0.2, 0.25) is 0 Å². The van der Waals surface area contributed by atoms with Crippen LogP contribution < -0.4 is 0 Å². The van der Waals surface area contributed by atoms with Gasteiger partial charge in [0.15, 0.2) is 5.76 Å². The number of halogens is 1. The van der Waals surface area contributed by atoms with Crippen molar-refractivity contribution < 1.29 is 13.6 Å². The SMILES string of the molecule is O=C(c1ccco1)N1CC(CN2CCC(Cc3ccccc3)CC2)C(c2ccc(F)cc2)C1. The van der Waals surface area contributed by atoms with Gasteiger partial charge in [0.05, 0.1) is 6.26 Å². The third-order valence-electron chi connectivity index (χ3n) is 7.33. The number of piperidine rings is 1. The van der Waals surface area contributed by atoms with Gasteiger partial charge in [0.25, 0.3) is 5.91 Å². The molecule has 3 heterocycles. The van der Waals surface area contributed by atoms with E-state index in [0.717, 1.165) is 37.5 Å². The van der Waals surface area contributed by atoms with E-state index in [4.69, 9.17) is 4.42 Å². The summed E-state index contributed by atoms with van der Waals surface area (Å²) in [5.41, 5.74) is 2.53. The topological polar surface area (TPSA) is 36.7 Å². The van der Waals surface area contributed by atoms with Crippen LogP contribution >= 0.6 is 0 Å². The Morgan fingerprint density at radius 1 is 0.939 bits per heavy atom. The summed E-state index contributed by atoms with van der Waals surface area (Å²) in [6.45, 7) is 4.49. The van der Waals surface area contributed by atoms with E-state index >= 15 is 0 Å². The van der Waals surface area contributed by atoms with Gasteiger partial charge < -0.3 is 14.2 Å². The van der Waals surface area contributed by atoms with Crippen LogP contribution in [0.25, 0.3) is 0 Å². The van der Waals surface area contributed by atoms with Gasteiger partial charge in [-0.25, -0.2) is 4.39 Å². The average molecular weight is 447 g/mol. The Balaban J connectivity index is 1.24. The Morgan fingerprint density at radius 2 is 1.70 bits per heavy atom. The zero-order chi connectivity index (χ0) is 22.6. The van der Waals surface area contributed by atoms with Crippen LogP contribution in [0.1, 0.15) is 40.4 Å². The summed E-state index contributed by atoms with van der Waals surface area (Å²) in [5.74, 6) is 1.35. The van der Waals surface area contributed by atoms with Gasteiger partial charge in [0, 0.05) is 25.6 Å². The van der Waals surface area contributed by atoms with Crippen LogP contribution in [0.2, 0.25) is 0 Å². The maximum absolute atomic E-state index is 13.5. The molecule has 33 heavy (non-hydrogen) atoms. The minimum absolute atomic E-state index is 0.0591. The molecule has 4 nitrogen and oxygen atoms in total. The third kappa shape index (κ3) is 5.19. The highest BCUT2D eigenvalue weighted by Crippen LogP contribution is 2.35. The van der Waals surface area contributed by atoms with Gasteiger partial charge in [-0.3, -0.25) is 4.79 Å². The maximum atomic E-state index is 13.5. The van der Waals surface area contributed by atoms with Crippen molar-refractivity contribution in [3.05, 3.63) is 95.7 Å². The maximum Gasteiger partial charge on any atom is 0.289 e. The predicted octanol–water partition coefficient (Wildman–Crippen LogP) is 5.23. The Hall–Kier alpha value is -2.92. The number of hydrogen-bond donors (Lipinski definition) is 0. The summed E-state index contributed by atoms with van der Waals surface area (Å²) >= 11 is 0. The lowest BCUT2D eigenvalue weighted by Gasteiger charge is -2.34. The van der Waals surface area contributed by atoms with E-state index in [1.165, 1.54) is 36.8 Å². The number of likely N-dealkylation sites (tertiary alicyclic amines) is 2. The Morgan fingerprint density at radius 3 is 2.39 bits per heavy atom. The summed E-state index contributed by atoms with van der Waals surface area (Å²) in [7, 11) is 0. The smallest absolute Gasteiger partial charge is 0.289 e. The van der Waals surface area contributed by atoms with Crippen LogP contribution in [0.4, 0.5) is 4.39 Å². The molecule has 2 unspecified atom stereocenters. The molecule has 0 bridgehead atoms. The summed E-state index contributed by atoms with van der Waals surface area (Å²) in [5, 5.41) is 0. The van der Waals surface area contributed by atoms with E-state index in [-0.39, 0.29) is 17.6 Å². The number of furan rings is 1. The highest BCUT2D eigenvalue weighted by Gasteiger charge is 2.38. The van der Waals surface area contributed by atoms with E-state index in [1.807, 2.05) is 17.0 Å². The van der Waals surface area contributed by atoms with Crippen LogP contribution in [0, 0.1) is 17.7 Å². The first-order valence-electron chi connectivity index (χ1n) is 12.0. The summed E-state index contributed by atoms with van der Waals surface area (Å²) in [6.07, 6.45) is 5.11. The molecular formula is C28H31FN2O2. The summed E-state index contributed by atoms with van der Waals surface area (Å²) in [6, 6.07) is 21.0. The van der Waals surface area contributed by atoms with E-state index in [2.05, 4.69) is 35.2 Å². The molecule has 2 atom stereocenters. The van der Waals surface area contributed by atoms with Crippen molar-refractivity contribution >= 4 is 5.91 Å². The molecule has 172 valence electrons. The molecule has 5 heteroatoms. The lowest BCUT2D eigenvalue weighted by molar-refractivity contribution is 0.0749. The monoisotopic (exact) mass is 446 g/mol. The molecule has 1 aromatic heterocycles. The fourth-order valence-corrected chi connectivity index (χ4v) is 5.52. The molecule has 2 fully saturated rings. The second-order valence-corrected chi connectivity index (χ2v) is 9.54. The Kier molecular flexibility index (Phi) is 6.58. The van der Waals surface area contributed by atoms with Gasteiger partial charge in [-0.15, -0.1) is 0 Å².